The highest BCUT2D eigenvalue weighted by molar-refractivity contribution is 6.09. The van der Waals surface area contributed by atoms with Crippen LogP contribution in [0.15, 0.2) is 48.5 Å². The molecule has 24 heavy (non-hydrogen) atoms. The first-order valence-corrected chi connectivity index (χ1v) is 7.03. The van der Waals surface area contributed by atoms with Gasteiger partial charge in [0.2, 0.25) is 5.91 Å². The van der Waals surface area contributed by atoms with Crippen LogP contribution in [-0.4, -0.2) is 27.9 Å². The average molecular weight is 325 g/mol. The molecule has 0 saturated carbocycles. The molecule has 122 valence electrons. The first kappa shape index (κ1) is 17.0. The number of aromatic hydroxyl groups is 1. The number of phenols is 1. The summed E-state index contributed by atoms with van der Waals surface area (Å²) in [4.78, 5) is 34.0. The molecule has 6 nitrogen and oxygen atoms in total. The second-order valence-corrected chi connectivity index (χ2v) is 5.04. The summed E-state index contributed by atoms with van der Waals surface area (Å²) in [6.45, 7) is 1.34. The topological polar surface area (TPSA) is 104 Å². The lowest BCUT2D eigenvalue weighted by Crippen LogP contribution is -2.06. The Morgan fingerprint density at radius 3 is 2.29 bits per heavy atom. The second kappa shape index (κ2) is 7.23. The number of hydrogen-bond donors (Lipinski definition) is 3. The minimum absolute atomic E-state index is 0.0552. The van der Waals surface area contributed by atoms with E-state index in [1.165, 1.54) is 49.4 Å². The molecule has 0 saturated heterocycles. The molecule has 0 heterocycles. The van der Waals surface area contributed by atoms with Gasteiger partial charge in [0.25, 0.3) is 0 Å². The van der Waals surface area contributed by atoms with E-state index in [4.69, 9.17) is 5.11 Å². The van der Waals surface area contributed by atoms with E-state index in [0.717, 1.165) is 0 Å². The first-order valence-electron chi connectivity index (χ1n) is 7.03. The van der Waals surface area contributed by atoms with Crippen molar-refractivity contribution in [1.82, 2.24) is 0 Å². The molecule has 0 aliphatic rings. The van der Waals surface area contributed by atoms with Crippen LogP contribution in [0, 0.1) is 0 Å². The molecule has 3 N–H and O–H groups in total. The summed E-state index contributed by atoms with van der Waals surface area (Å²) in [5.41, 5.74) is 1.26. The zero-order valence-electron chi connectivity index (χ0n) is 12.8. The Morgan fingerprint density at radius 2 is 1.71 bits per heavy atom. The molecule has 0 bridgehead atoms. The van der Waals surface area contributed by atoms with E-state index in [0.29, 0.717) is 11.3 Å². The number of carboxylic acid groups (broad SMARTS) is 1. The summed E-state index contributed by atoms with van der Waals surface area (Å²) in [7, 11) is 0. The lowest BCUT2D eigenvalue weighted by atomic mass is 10.1. The van der Waals surface area contributed by atoms with Gasteiger partial charge in [0.1, 0.15) is 5.75 Å². The molecular weight excluding hydrogens is 310 g/mol. The van der Waals surface area contributed by atoms with Crippen molar-refractivity contribution < 1.29 is 24.6 Å². The Balaban J connectivity index is 2.19. The van der Waals surface area contributed by atoms with E-state index in [2.05, 4.69) is 5.32 Å². The Labute approximate surface area is 138 Å². The Morgan fingerprint density at radius 1 is 1.04 bits per heavy atom. The summed E-state index contributed by atoms with van der Waals surface area (Å²) in [6, 6.07) is 10.2. The molecule has 0 unspecified atom stereocenters. The summed E-state index contributed by atoms with van der Waals surface area (Å²) < 4.78 is 0. The van der Waals surface area contributed by atoms with Crippen LogP contribution < -0.4 is 5.32 Å². The van der Waals surface area contributed by atoms with Crippen molar-refractivity contribution in [1.29, 1.82) is 0 Å². The van der Waals surface area contributed by atoms with Crippen LogP contribution in [0.1, 0.15) is 33.2 Å². The third-order valence-electron chi connectivity index (χ3n) is 3.17. The van der Waals surface area contributed by atoms with Crippen molar-refractivity contribution in [3.63, 3.8) is 0 Å². The molecular formula is C18H15NO5. The molecule has 0 fully saturated rings. The highest BCUT2D eigenvalue weighted by Gasteiger charge is 2.10. The molecule has 6 heteroatoms. The van der Waals surface area contributed by atoms with E-state index in [1.54, 1.807) is 12.1 Å². The van der Waals surface area contributed by atoms with E-state index < -0.39 is 11.8 Å². The van der Waals surface area contributed by atoms with Gasteiger partial charge in [-0.1, -0.05) is 18.2 Å². The van der Waals surface area contributed by atoms with Crippen LogP contribution in [0.3, 0.4) is 0 Å². The third-order valence-corrected chi connectivity index (χ3v) is 3.17. The first-order chi connectivity index (χ1) is 11.4. The fourth-order valence-electron chi connectivity index (χ4n) is 2.01. The number of nitrogens with one attached hydrogen (secondary N) is 1. The Kier molecular flexibility index (Phi) is 5.11. The van der Waals surface area contributed by atoms with Crippen LogP contribution in [0.25, 0.3) is 6.08 Å². The number of hydrogen-bond acceptors (Lipinski definition) is 4. The van der Waals surface area contributed by atoms with Crippen molar-refractivity contribution in [2.45, 2.75) is 6.92 Å². The van der Waals surface area contributed by atoms with Crippen LogP contribution >= 0.6 is 0 Å². The largest absolute Gasteiger partial charge is 0.507 e. The average Bonchev–Trinajstić information content (AvgIpc) is 2.54. The summed E-state index contributed by atoms with van der Waals surface area (Å²) in [5.74, 6) is -1.95. The molecule has 1 amide bonds. The molecule has 2 aromatic carbocycles. The van der Waals surface area contributed by atoms with Gasteiger partial charge in [-0.15, -0.1) is 0 Å². The van der Waals surface area contributed by atoms with Crippen LogP contribution in [0.2, 0.25) is 0 Å². The second-order valence-electron chi connectivity index (χ2n) is 5.04. The molecule has 0 atom stereocenters. The van der Waals surface area contributed by atoms with Crippen molar-refractivity contribution in [3.8, 4) is 5.75 Å². The van der Waals surface area contributed by atoms with E-state index in [9.17, 15) is 19.5 Å². The number of phenolic OH excluding ortho intramolecular Hbond substituents is 1. The van der Waals surface area contributed by atoms with E-state index >= 15 is 0 Å². The number of carbonyl (C=O) groups excluding carboxylic acids is 2. The number of carboxylic acids is 1. The van der Waals surface area contributed by atoms with Gasteiger partial charge in [0, 0.05) is 12.6 Å². The maximum atomic E-state index is 12.2. The van der Waals surface area contributed by atoms with Gasteiger partial charge in [0.05, 0.1) is 11.1 Å². The number of allylic oxidation sites excluding steroid dienone is 1. The number of aromatic carboxylic acids is 1. The van der Waals surface area contributed by atoms with Gasteiger partial charge in [-0.3, -0.25) is 9.59 Å². The van der Waals surface area contributed by atoms with Gasteiger partial charge in [-0.05, 0) is 42.0 Å². The fourth-order valence-corrected chi connectivity index (χ4v) is 2.01. The van der Waals surface area contributed by atoms with Crippen molar-refractivity contribution >= 4 is 29.4 Å². The number of rotatable bonds is 5. The summed E-state index contributed by atoms with van der Waals surface area (Å²) in [6.07, 6.45) is 2.78. The SMILES string of the molecule is CC(=O)Nc1ccc(O)c(C(=O)/C=C/c2ccc(C(=O)O)cc2)c1. The lowest BCUT2D eigenvalue weighted by Gasteiger charge is -2.06. The van der Waals surface area contributed by atoms with Crippen LogP contribution in [0.4, 0.5) is 5.69 Å². The van der Waals surface area contributed by atoms with Crippen LogP contribution in [0.5, 0.6) is 5.75 Å². The van der Waals surface area contributed by atoms with Gasteiger partial charge in [-0.2, -0.15) is 0 Å². The molecule has 0 aliphatic heterocycles. The van der Waals surface area contributed by atoms with Gasteiger partial charge >= 0.3 is 5.97 Å². The number of amides is 1. The highest BCUT2D eigenvalue weighted by atomic mass is 16.4. The predicted octanol–water partition coefficient (Wildman–Crippen LogP) is 2.94. The maximum absolute atomic E-state index is 12.2. The molecule has 2 rings (SSSR count). The molecule has 0 aromatic heterocycles. The molecule has 2 aromatic rings. The smallest absolute Gasteiger partial charge is 0.335 e. The van der Waals surface area contributed by atoms with E-state index in [-0.39, 0.29) is 22.8 Å². The summed E-state index contributed by atoms with van der Waals surface area (Å²) in [5, 5.41) is 21.2. The maximum Gasteiger partial charge on any atom is 0.335 e. The van der Waals surface area contributed by atoms with E-state index in [1.807, 2.05) is 0 Å². The van der Waals surface area contributed by atoms with Gasteiger partial charge in [-0.25, -0.2) is 4.79 Å². The van der Waals surface area contributed by atoms with Crippen LogP contribution in [-0.2, 0) is 4.79 Å². The standard InChI is InChI=1S/C18H15NO5/c1-11(20)19-14-7-9-17(22)15(10-14)16(21)8-4-12-2-5-13(6-3-12)18(23)24/h2-10,22H,1H3,(H,19,20)(H,23,24)/b8-4+. The quantitative estimate of drug-likeness (QED) is 0.445. The number of benzene rings is 2. The van der Waals surface area contributed by atoms with Crippen molar-refractivity contribution in [2.24, 2.45) is 0 Å². The fraction of sp³-hybridized carbons (Fsp3) is 0.0556. The minimum atomic E-state index is -1.03. The minimum Gasteiger partial charge on any atom is -0.507 e. The van der Waals surface area contributed by atoms with Gasteiger partial charge < -0.3 is 15.5 Å². The molecule has 0 radical (unpaired) electrons. The molecule has 0 aliphatic carbocycles. The highest BCUT2D eigenvalue weighted by Crippen LogP contribution is 2.22. The van der Waals surface area contributed by atoms with Crippen molar-refractivity contribution in [3.05, 3.63) is 65.2 Å². The zero-order valence-corrected chi connectivity index (χ0v) is 12.8. The number of carbonyl (C=O) groups is 3. The Hall–Kier alpha value is -3.41. The lowest BCUT2D eigenvalue weighted by molar-refractivity contribution is -0.114. The van der Waals surface area contributed by atoms with Gasteiger partial charge in [0.15, 0.2) is 5.78 Å². The Bertz CT molecular complexity index is 822. The monoisotopic (exact) mass is 325 g/mol. The zero-order chi connectivity index (χ0) is 17.7. The summed E-state index contributed by atoms with van der Waals surface area (Å²) >= 11 is 0. The normalized spacial score (nSPS) is 10.5. The third kappa shape index (κ3) is 4.30. The number of anilines is 1. The predicted molar refractivity (Wildman–Crippen MR) is 89.2 cm³/mol. The number of ketones is 1. The van der Waals surface area contributed by atoms with Crippen molar-refractivity contribution in [2.75, 3.05) is 5.32 Å². The molecule has 0 spiro atoms.